The Bertz CT molecular complexity index is 1170. The average molecular weight is 723 g/mol. The van der Waals surface area contributed by atoms with Gasteiger partial charge in [-0.05, 0) is 12.8 Å². The Kier molecular flexibility index (Phi) is 25.4. The number of nitrogens with one attached hydrogen (secondary N) is 1. The Balaban J connectivity index is 1.68. The van der Waals surface area contributed by atoms with Gasteiger partial charge in [0.25, 0.3) is 5.56 Å². The molecule has 1 aromatic heterocycles. The summed E-state index contributed by atoms with van der Waals surface area (Å²) >= 11 is 0. The minimum absolute atomic E-state index is 0.0663. The standard InChI is InChI=1S/C41H71FN2O7/c1-3-5-7-9-11-13-15-17-19-21-23-25-27-29-38(45)49-33-36-35(31-37(50-36)44-32-34(42)40(47)43-41(44)48)51-39(46)30-28-26-24-22-20-18-16-14-12-10-8-6-4-2/h32,35-37H,3-31,33H2,1-2H3,(H,43,47,48)/t35-,36+,37-/m0/s1. The van der Waals surface area contributed by atoms with Crippen LogP contribution in [-0.2, 0) is 23.8 Å². The molecule has 2 heterocycles. The lowest BCUT2D eigenvalue weighted by Crippen LogP contribution is -2.34. The van der Waals surface area contributed by atoms with Crippen LogP contribution in [0, 0.1) is 5.82 Å². The van der Waals surface area contributed by atoms with Gasteiger partial charge >= 0.3 is 17.6 Å². The molecule has 1 saturated heterocycles. The number of halogens is 1. The van der Waals surface area contributed by atoms with Crippen molar-refractivity contribution in [3.05, 3.63) is 32.9 Å². The van der Waals surface area contributed by atoms with E-state index in [2.05, 4.69) is 13.8 Å². The van der Waals surface area contributed by atoms with Crippen molar-refractivity contribution in [1.29, 1.82) is 0 Å². The summed E-state index contributed by atoms with van der Waals surface area (Å²) in [6.07, 6.45) is 30.4. The molecule has 294 valence electrons. The molecule has 51 heavy (non-hydrogen) atoms. The number of hydrogen-bond acceptors (Lipinski definition) is 7. The van der Waals surface area contributed by atoms with Crippen LogP contribution >= 0.6 is 0 Å². The Hall–Kier alpha value is -2.49. The van der Waals surface area contributed by atoms with Gasteiger partial charge < -0.3 is 14.2 Å². The fraction of sp³-hybridized carbons (Fsp3) is 0.854. The molecule has 0 bridgehead atoms. The van der Waals surface area contributed by atoms with Crippen molar-refractivity contribution in [2.75, 3.05) is 6.61 Å². The first-order valence-electron chi connectivity index (χ1n) is 20.9. The number of hydrogen-bond donors (Lipinski definition) is 1. The van der Waals surface area contributed by atoms with E-state index >= 15 is 0 Å². The lowest BCUT2D eigenvalue weighted by molar-refractivity contribution is -0.158. The van der Waals surface area contributed by atoms with Gasteiger partial charge in [-0.15, -0.1) is 0 Å². The summed E-state index contributed by atoms with van der Waals surface area (Å²) in [5.74, 6) is -1.85. The minimum atomic E-state index is -1.12. The first kappa shape index (κ1) is 44.7. The molecule has 0 radical (unpaired) electrons. The number of unbranched alkanes of at least 4 members (excludes halogenated alkanes) is 24. The van der Waals surface area contributed by atoms with Gasteiger partial charge in [0.2, 0.25) is 5.82 Å². The topological polar surface area (TPSA) is 117 Å². The fourth-order valence-corrected chi connectivity index (χ4v) is 6.87. The van der Waals surface area contributed by atoms with Gasteiger partial charge in [-0.25, -0.2) is 4.79 Å². The molecule has 1 aliphatic rings. The maximum Gasteiger partial charge on any atom is 0.330 e. The van der Waals surface area contributed by atoms with Gasteiger partial charge in [0.1, 0.15) is 25.0 Å². The second-order valence-electron chi connectivity index (χ2n) is 14.7. The van der Waals surface area contributed by atoms with Crippen LogP contribution < -0.4 is 11.2 Å². The summed E-state index contributed by atoms with van der Waals surface area (Å²) in [5, 5.41) is 0. The van der Waals surface area contributed by atoms with E-state index in [9.17, 15) is 23.6 Å². The van der Waals surface area contributed by atoms with Crippen molar-refractivity contribution in [1.82, 2.24) is 9.55 Å². The predicted molar refractivity (Wildman–Crippen MR) is 201 cm³/mol. The van der Waals surface area contributed by atoms with Gasteiger partial charge in [0, 0.05) is 19.3 Å². The Morgan fingerprint density at radius 3 is 1.55 bits per heavy atom. The fourth-order valence-electron chi connectivity index (χ4n) is 6.87. The average Bonchev–Trinajstić information content (AvgIpc) is 3.51. The first-order chi connectivity index (χ1) is 24.8. The molecule has 9 nitrogen and oxygen atoms in total. The number of ether oxygens (including phenoxy) is 3. The highest BCUT2D eigenvalue weighted by molar-refractivity contribution is 5.70. The summed E-state index contributed by atoms with van der Waals surface area (Å²) in [7, 11) is 0. The predicted octanol–water partition coefficient (Wildman–Crippen LogP) is 10.4. The van der Waals surface area contributed by atoms with E-state index in [-0.39, 0.29) is 31.4 Å². The molecule has 0 spiro atoms. The maximum atomic E-state index is 14.0. The SMILES string of the molecule is CCCCCCCCCCCCCCCC(=O)OC[C@H]1O[C@H](n2cc(F)c(=O)[nH]c2=O)C[C@@H]1OC(=O)CCCCCCCCCCCCCCC. The molecule has 3 atom stereocenters. The van der Waals surface area contributed by atoms with E-state index < -0.39 is 35.5 Å². The van der Waals surface area contributed by atoms with Gasteiger partial charge in [0.15, 0.2) is 0 Å². The number of carbonyl (C=O) groups excluding carboxylic acids is 2. The van der Waals surface area contributed by atoms with Crippen LogP contribution in [-0.4, -0.2) is 40.3 Å². The van der Waals surface area contributed by atoms with Crippen molar-refractivity contribution in [2.45, 2.75) is 218 Å². The second kappa shape index (κ2) is 29.0. The molecular formula is C41H71FN2O7. The Morgan fingerprint density at radius 2 is 1.10 bits per heavy atom. The third-order valence-corrected chi connectivity index (χ3v) is 10.1. The minimum Gasteiger partial charge on any atom is -0.463 e. The van der Waals surface area contributed by atoms with E-state index in [0.29, 0.717) is 6.42 Å². The lowest BCUT2D eigenvalue weighted by atomic mass is 10.0. The molecule has 0 unspecified atom stereocenters. The maximum absolute atomic E-state index is 14.0. The molecule has 0 aromatic carbocycles. The van der Waals surface area contributed by atoms with Crippen molar-refractivity contribution in [3.8, 4) is 0 Å². The molecular weight excluding hydrogens is 651 g/mol. The first-order valence-corrected chi connectivity index (χ1v) is 20.9. The normalized spacial score (nSPS) is 17.2. The number of esters is 2. The highest BCUT2D eigenvalue weighted by Crippen LogP contribution is 2.31. The van der Waals surface area contributed by atoms with Crippen LogP contribution in [0.3, 0.4) is 0 Å². The number of carbonyl (C=O) groups is 2. The largest absolute Gasteiger partial charge is 0.463 e. The van der Waals surface area contributed by atoms with Crippen molar-refractivity contribution >= 4 is 11.9 Å². The van der Waals surface area contributed by atoms with Crippen LogP contribution in [0.15, 0.2) is 15.8 Å². The zero-order valence-electron chi connectivity index (χ0n) is 32.2. The highest BCUT2D eigenvalue weighted by Gasteiger charge is 2.40. The van der Waals surface area contributed by atoms with Crippen molar-refractivity contribution < 1.29 is 28.2 Å². The molecule has 0 amide bonds. The van der Waals surface area contributed by atoms with Crippen LogP contribution in [0.5, 0.6) is 0 Å². The van der Waals surface area contributed by atoms with E-state index in [1.165, 1.54) is 128 Å². The van der Waals surface area contributed by atoms with Gasteiger partial charge in [-0.3, -0.25) is 23.9 Å². The summed E-state index contributed by atoms with van der Waals surface area (Å²) in [4.78, 5) is 51.2. The summed E-state index contributed by atoms with van der Waals surface area (Å²) in [6.45, 7) is 4.34. The molecule has 1 fully saturated rings. The number of rotatable bonds is 32. The zero-order chi connectivity index (χ0) is 36.9. The van der Waals surface area contributed by atoms with Gasteiger partial charge in [-0.1, -0.05) is 168 Å². The van der Waals surface area contributed by atoms with Crippen LogP contribution in [0.1, 0.15) is 206 Å². The van der Waals surface area contributed by atoms with Gasteiger partial charge in [-0.2, -0.15) is 4.39 Å². The third kappa shape index (κ3) is 21.0. The van der Waals surface area contributed by atoms with Crippen molar-refractivity contribution in [3.63, 3.8) is 0 Å². The molecule has 1 aromatic rings. The van der Waals surface area contributed by atoms with Gasteiger partial charge in [0.05, 0.1) is 6.20 Å². The molecule has 0 aliphatic carbocycles. The Morgan fingerprint density at radius 1 is 0.686 bits per heavy atom. The summed E-state index contributed by atoms with van der Waals surface area (Å²) in [6, 6.07) is 0. The molecule has 1 aliphatic heterocycles. The lowest BCUT2D eigenvalue weighted by Gasteiger charge is -2.19. The number of nitrogens with zero attached hydrogens (tertiary/aromatic N) is 1. The molecule has 2 rings (SSSR count). The third-order valence-electron chi connectivity index (χ3n) is 10.1. The number of H-pyrrole nitrogens is 1. The second-order valence-corrected chi connectivity index (χ2v) is 14.7. The molecule has 1 N–H and O–H groups in total. The monoisotopic (exact) mass is 723 g/mol. The summed E-state index contributed by atoms with van der Waals surface area (Å²) in [5.41, 5.74) is -1.95. The van der Waals surface area contributed by atoms with Crippen LogP contribution in [0.4, 0.5) is 4.39 Å². The highest BCUT2D eigenvalue weighted by atomic mass is 19.1. The number of aromatic amines is 1. The zero-order valence-corrected chi connectivity index (χ0v) is 32.2. The quantitative estimate of drug-likeness (QED) is 0.0581. The molecule has 10 heteroatoms. The Labute approximate surface area is 307 Å². The van der Waals surface area contributed by atoms with E-state index in [1.54, 1.807) is 0 Å². The summed E-state index contributed by atoms with van der Waals surface area (Å²) < 4.78 is 32.2. The van der Waals surface area contributed by atoms with Crippen LogP contribution in [0.25, 0.3) is 0 Å². The van der Waals surface area contributed by atoms with Crippen LogP contribution in [0.2, 0.25) is 0 Å². The number of aromatic nitrogens is 2. The smallest absolute Gasteiger partial charge is 0.330 e. The van der Waals surface area contributed by atoms with E-state index in [0.717, 1.165) is 49.3 Å². The van der Waals surface area contributed by atoms with E-state index in [1.807, 2.05) is 4.98 Å². The molecule has 0 saturated carbocycles. The van der Waals surface area contributed by atoms with E-state index in [4.69, 9.17) is 14.2 Å². The van der Waals surface area contributed by atoms with Crippen molar-refractivity contribution in [2.24, 2.45) is 0 Å².